The number of amides is 1. The number of benzene rings is 2. The van der Waals surface area contributed by atoms with Crippen molar-refractivity contribution in [1.82, 2.24) is 14.5 Å². The van der Waals surface area contributed by atoms with Gasteiger partial charge in [0.25, 0.3) is 5.91 Å². The van der Waals surface area contributed by atoms with Gasteiger partial charge in [0, 0.05) is 31.4 Å². The predicted octanol–water partition coefficient (Wildman–Crippen LogP) is 5.29. The molecule has 2 aliphatic rings. The summed E-state index contributed by atoms with van der Waals surface area (Å²) in [4.78, 5) is 19.7. The first-order valence-corrected chi connectivity index (χ1v) is 12.8. The summed E-state index contributed by atoms with van der Waals surface area (Å²) in [6.45, 7) is 3.17. The van der Waals surface area contributed by atoms with Crippen LogP contribution in [0.15, 0.2) is 61.1 Å². The van der Waals surface area contributed by atoms with Gasteiger partial charge in [0.05, 0.1) is 25.2 Å². The van der Waals surface area contributed by atoms with Crippen LogP contribution in [0.3, 0.4) is 0 Å². The molecule has 0 radical (unpaired) electrons. The quantitative estimate of drug-likeness (QED) is 0.468. The summed E-state index contributed by atoms with van der Waals surface area (Å²) in [7, 11) is 1.65. The zero-order chi connectivity index (χ0) is 24.2. The molecule has 6 nitrogen and oxygen atoms in total. The van der Waals surface area contributed by atoms with Crippen LogP contribution in [-0.4, -0.2) is 46.2 Å². The number of imidazole rings is 1. The Bertz CT molecular complexity index is 1120. The molecule has 1 amide bonds. The Kier molecular flexibility index (Phi) is 7.19. The maximum atomic E-state index is 13.2. The number of carbonyl (C=O) groups is 1. The number of hydrogen-bond acceptors (Lipinski definition) is 4. The molecule has 6 heteroatoms. The molecule has 1 aliphatic heterocycles. The van der Waals surface area contributed by atoms with E-state index in [4.69, 9.17) is 9.47 Å². The van der Waals surface area contributed by atoms with Crippen LogP contribution in [0.5, 0.6) is 5.75 Å². The SMILES string of the molecule is COc1ccc(CN2C[C@@H](C)O[C@@H](Cc3cn(-c4ccc(C5CCCCC5)cc4)cn3)C2=O)cc1. The Labute approximate surface area is 207 Å². The Morgan fingerprint density at radius 2 is 1.77 bits per heavy atom. The summed E-state index contributed by atoms with van der Waals surface area (Å²) in [5.74, 6) is 1.53. The van der Waals surface area contributed by atoms with Crippen molar-refractivity contribution in [1.29, 1.82) is 0 Å². The molecule has 0 bridgehead atoms. The predicted molar refractivity (Wildman–Crippen MR) is 136 cm³/mol. The Hall–Kier alpha value is -3.12. The second-order valence-corrected chi connectivity index (χ2v) is 9.91. The molecule has 1 saturated carbocycles. The Morgan fingerprint density at radius 1 is 1.03 bits per heavy atom. The van der Waals surface area contributed by atoms with Crippen LogP contribution >= 0.6 is 0 Å². The zero-order valence-electron chi connectivity index (χ0n) is 20.7. The van der Waals surface area contributed by atoms with E-state index in [2.05, 4.69) is 29.2 Å². The van der Waals surface area contributed by atoms with Crippen LogP contribution in [0.25, 0.3) is 5.69 Å². The van der Waals surface area contributed by atoms with Gasteiger partial charge in [-0.1, -0.05) is 43.5 Å². The molecule has 1 aliphatic carbocycles. The van der Waals surface area contributed by atoms with E-state index >= 15 is 0 Å². The highest BCUT2D eigenvalue weighted by atomic mass is 16.5. The Morgan fingerprint density at radius 3 is 2.49 bits per heavy atom. The average Bonchev–Trinajstić information content (AvgIpc) is 3.36. The van der Waals surface area contributed by atoms with Crippen LogP contribution in [0.1, 0.15) is 61.8 Å². The van der Waals surface area contributed by atoms with Crippen LogP contribution in [0.4, 0.5) is 0 Å². The number of morpholine rings is 1. The number of rotatable bonds is 7. The van der Waals surface area contributed by atoms with Crippen LogP contribution in [0, 0.1) is 0 Å². The topological polar surface area (TPSA) is 56.6 Å². The van der Waals surface area contributed by atoms with Gasteiger partial charge in [-0.05, 0) is 61.1 Å². The zero-order valence-corrected chi connectivity index (χ0v) is 20.7. The highest BCUT2D eigenvalue weighted by molar-refractivity contribution is 5.82. The molecule has 2 fully saturated rings. The van der Waals surface area contributed by atoms with Gasteiger partial charge in [0.1, 0.15) is 11.9 Å². The standard InChI is InChI=1S/C29H35N3O3/c1-21-17-31(18-22-8-14-27(34-2)15-9-22)29(33)28(35-21)16-25-19-32(20-30-25)26-12-10-24(11-13-26)23-6-4-3-5-7-23/h8-15,19-21,23,28H,3-7,16-18H2,1-2H3/t21-,28+/m1/s1. The smallest absolute Gasteiger partial charge is 0.252 e. The van der Waals surface area contributed by atoms with Crippen molar-refractivity contribution in [3.05, 3.63) is 77.9 Å². The van der Waals surface area contributed by atoms with Crippen molar-refractivity contribution in [2.45, 2.75) is 70.1 Å². The molecule has 2 heterocycles. The van der Waals surface area contributed by atoms with E-state index in [1.54, 1.807) is 7.11 Å². The van der Waals surface area contributed by atoms with Crippen molar-refractivity contribution in [3.63, 3.8) is 0 Å². The molecule has 3 aromatic rings. The summed E-state index contributed by atoms with van der Waals surface area (Å²) in [6.07, 6.45) is 10.4. The number of nitrogens with zero attached hydrogens (tertiary/aromatic N) is 3. The van der Waals surface area contributed by atoms with Gasteiger partial charge in [-0.25, -0.2) is 4.98 Å². The number of methoxy groups -OCH3 is 1. The summed E-state index contributed by atoms with van der Waals surface area (Å²) in [5.41, 5.74) is 4.47. The minimum absolute atomic E-state index is 0.0188. The van der Waals surface area contributed by atoms with E-state index < -0.39 is 6.10 Å². The normalized spacial score (nSPS) is 21.3. The van der Waals surface area contributed by atoms with Crippen LogP contribution in [-0.2, 0) is 22.5 Å². The van der Waals surface area contributed by atoms with Gasteiger partial charge in [-0.15, -0.1) is 0 Å². The van der Waals surface area contributed by atoms with E-state index in [0.29, 0.717) is 25.4 Å². The lowest BCUT2D eigenvalue weighted by Gasteiger charge is -2.36. The van der Waals surface area contributed by atoms with Gasteiger partial charge in [0.15, 0.2) is 0 Å². The van der Waals surface area contributed by atoms with Crippen LogP contribution in [0.2, 0.25) is 0 Å². The third-order valence-electron chi connectivity index (χ3n) is 7.29. The molecule has 0 unspecified atom stereocenters. The summed E-state index contributed by atoms with van der Waals surface area (Å²) < 4.78 is 13.3. The lowest BCUT2D eigenvalue weighted by Crippen LogP contribution is -2.51. The Balaban J connectivity index is 1.23. The second kappa shape index (κ2) is 10.6. The molecule has 0 spiro atoms. The van der Waals surface area contributed by atoms with Crippen molar-refractivity contribution in [2.75, 3.05) is 13.7 Å². The highest BCUT2D eigenvalue weighted by Gasteiger charge is 2.33. The second-order valence-electron chi connectivity index (χ2n) is 9.91. The van der Waals surface area contributed by atoms with Crippen molar-refractivity contribution in [3.8, 4) is 11.4 Å². The first kappa shape index (κ1) is 23.6. The third kappa shape index (κ3) is 5.59. The maximum absolute atomic E-state index is 13.2. The first-order chi connectivity index (χ1) is 17.1. The minimum Gasteiger partial charge on any atom is -0.497 e. The summed E-state index contributed by atoms with van der Waals surface area (Å²) in [6, 6.07) is 16.7. The van der Waals surface area contributed by atoms with E-state index in [1.165, 1.54) is 37.7 Å². The van der Waals surface area contributed by atoms with Gasteiger partial charge < -0.3 is 18.9 Å². The lowest BCUT2D eigenvalue weighted by atomic mass is 9.84. The lowest BCUT2D eigenvalue weighted by molar-refractivity contribution is -0.161. The average molecular weight is 474 g/mol. The van der Waals surface area contributed by atoms with Crippen molar-refractivity contribution >= 4 is 5.91 Å². The largest absolute Gasteiger partial charge is 0.497 e. The van der Waals surface area contributed by atoms with Crippen molar-refractivity contribution < 1.29 is 14.3 Å². The molecule has 2 atom stereocenters. The summed E-state index contributed by atoms with van der Waals surface area (Å²) in [5, 5.41) is 0. The fourth-order valence-corrected chi connectivity index (χ4v) is 5.37. The molecule has 184 valence electrons. The van der Waals surface area contributed by atoms with Gasteiger partial charge in [-0.2, -0.15) is 0 Å². The number of ether oxygens (including phenoxy) is 2. The molecule has 1 saturated heterocycles. The number of aromatic nitrogens is 2. The van der Waals surface area contributed by atoms with E-state index in [-0.39, 0.29) is 12.0 Å². The minimum atomic E-state index is -0.519. The highest BCUT2D eigenvalue weighted by Crippen LogP contribution is 2.33. The fraction of sp³-hybridized carbons (Fsp3) is 0.448. The summed E-state index contributed by atoms with van der Waals surface area (Å²) >= 11 is 0. The number of carbonyl (C=O) groups excluding carboxylic acids is 1. The molecular weight excluding hydrogens is 438 g/mol. The van der Waals surface area contributed by atoms with E-state index in [0.717, 1.165) is 22.7 Å². The molecule has 35 heavy (non-hydrogen) atoms. The molecular formula is C29H35N3O3. The monoisotopic (exact) mass is 473 g/mol. The van der Waals surface area contributed by atoms with Gasteiger partial charge in [-0.3, -0.25) is 4.79 Å². The fourth-order valence-electron chi connectivity index (χ4n) is 5.37. The maximum Gasteiger partial charge on any atom is 0.252 e. The molecule has 2 aromatic carbocycles. The number of hydrogen-bond donors (Lipinski definition) is 0. The third-order valence-corrected chi connectivity index (χ3v) is 7.29. The van der Waals surface area contributed by atoms with Gasteiger partial charge >= 0.3 is 0 Å². The molecule has 5 rings (SSSR count). The van der Waals surface area contributed by atoms with Crippen LogP contribution < -0.4 is 4.74 Å². The molecule has 1 aromatic heterocycles. The van der Waals surface area contributed by atoms with Gasteiger partial charge in [0.2, 0.25) is 0 Å². The first-order valence-electron chi connectivity index (χ1n) is 12.8. The van der Waals surface area contributed by atoms with E-state index in [9.17, 15) is 4.79 Å². The van der Waals surface area contributed by atoms with Crippen molar-refractivity contribution in [2.24, 2.45) is 0 Å². The molecule has 0 N–H and O–H groups in total. The van der Waals surface area contributed by atoms with E-state index in [1.807, 2.05) is 53.2 Å².